The largest absolute Gasteiger partial charge is 0.478 e. The zero-order chi connectivity index (χ0) is 21.6. The van der Waals surface area contributed by atoms with Gasteiger partial charge in [-0.15, -0.1) is 11.3 Å². The number of rotatable bonds is 5. The fourth-order valence-electron chi connectivity index (χ4n) is 3.75. The van der Waals surface area contributed by atoms with Crippen molar-refractivity contribution in [3.05, 3.63) is 73.4 Å². The van der Waals surface area contributed by atoms with Crippen molar-refractivity contribution >= 4 is 38.4 Å². The molecule has 4 rings (SSSR count). The number of carboxylic acids is 1. The van der Waals surface area contributed by atoms with Gasteiger partial charge in [-0.2, -0.15) is 0 Å². The topological polar surface area (TPSA) is 94.2 Å². The predicted molar refractivity (Wildman–Crippen MR) is 118 cm³/mol. The van der Waals surface area contributed by atoms with Crippen molar-refractivity contribution in [3.8, 4) is 0 Å². The Bertz CT molecular complexity index is 1410. The lowest BCUT2D eigenvalue weighted by molar-refractivity contribution is 0.0698. The molecule has 3 aromatic heterocycles. The van der Waals surface area contributed by atoms with E-state index in [1.54, 1.807) is 6.20 Å². The Morgan fingerprint density at radius 2 is 1.97 bits per heavy atom. The molecule has 8 heteroatoms. The Morgan fingerprint density at radius 1 is 1.20 bits per heavy atom. The van der Waals surface area contributed by atoms with Crippen LogP contribution in [0.1, 0.15) is 34.6 Å². The molecule has 0 atom stereocenters. The van der Waals surface area contributed by atoms with E-state index in [0.717, 1.165) is 21.0 Å². The summed E-state index contributed by atoms with van der Waals surface area (Å²) in [6.07, 6.45) is 2.05. The molecule has 0 amide bonds. The molecule has 154 valence electrons. The molecule has 0 radical (unpaired) electrons. The van der Waals surface area contributed by atoms with E-state index in [1.807, 2.05) is 44.2 Å². The second kappa shape index (κ2) is 7.53. The van der Waals surface area contributed by atoms with Gasteiger partial charge in [0.25, 0.3) is 5.56 Å². The van der Waals surface area contributed by atoms with Crippen molar-refractivity contribution in [2.24, 2.45) is 13.0 Å². The monoisotopic (exact) mass is 423 g/mol. The maximum absolute atomic E-state index is 12.9. The third-order valence-corrected chi connectivity index (χ3v) is 6.31. The van der Waals surface area contributed by atoms with Crippen LogP contribution < -0.4 is 11.2 Å². The fourth-order valence-corrected chi connectivity index (χ4v) is 5.05. The van der Waals surface area contributed by atoms with Crippen LogP contribution in [0.2, 0.25) is 0 Å². The zero-order valence-corrected chi connectivity index (χ0v) is 17.7. The van der Waals surface area contributed by atoms with Crippen molar-refractivity contribution in [1.82, 2.24) is 14.1 Å². The highest BCUT2D eigenvalue weighted by atomic mass is 32.1. The van der Waals surface area contributed by atoms with Gasteiger partial charge in [-0.1, -0.05) is 32.0 Å². The SMILES string of the molecule is CC(C)Cn1c(=O)n(C)c(=O)c2c(C(=O)O)c(Cc3cccc4ncccc34)sc21. The van der Waals surface area contributed by atoms with Gasteiger partial charge in [-0.05, 0) is 23.6 Å². The van der Waals surface area contributed by atoms with Crippen molar-refractivity contribution < 1.29 is 9.90 Å². The number of aromatic carboxylic acids is 1. The average Bonchev–Trinajstić information content (AvgIpc) is 3.09. The molecular formula is C22H21N3O4S. The van der Waals surface area contributed by atoms with Crippen molar-refractivity contribution in [1.29, 1.82) is 0 Å². The molecule has 1 aromatic carbocycles. The number of pyridine rings is 1. The quantitative estimate of drug-likeness (QED) is 0.532. The van der Waals surface area contributed by atoms with Crippen LogP contribution in [-0.2, 0) is 20.0 Å². The fraction of sp³-hybridized carbons (Fsp3) is 0.273. The van der Waals surface area contributed by atoms with Gasteiger partial charge in [0.05, 0.1) is 16.5 Å². The van der Waals surface area contributed by atoms with Crippen LogP contribution in [0.3, 0.4) is 0 Å². The Kier molecular flexibility index (Phi) is 5.03. The van der Waals surface area contributed by atoms with Gasteiger partial charge in [0, 0.05) is 36.5 Å². The highest BCUT2D eigenvalue weighted by Gasteiger charge is 2.25. The summed E-state index contributed by atoms with van der Waals surface area (Å²) in [6, 6.07) is 9.49. The number of fused-ring (bicyclic) bond motifs is 2. The molecular weight excluding hydrogens is 402 g/mol. The van der Waals surface area contributed by atoms with Gasteiger partial charge >= 0.3 is 11.7 Å². The van der Waals surface area contributed by atoms with E-state index in [4.69, 9.17) is 0 Å². The zero-order valence-electron chi connectivity index (χ0n) is 16.9. The molecule has 30 heavy (non-hydrogen) atoms. The molecule has 0 unspecified atom stereocenters. The molecule has 0 saturated carbocycles. The molecule has 7 nitrogen and oxygen atoms in total. The minimum absolute atomic E-state index is 0.0194. The summed E-state index contributed by atoms with van der Waals surface area (Å²) in [5.41, 5.74) is 0.716. The number of carbonyl (C=O) groups is 1. The predicted octanol–water partition coefficient (Wildman–Crippen LogP) is 3.25. The van der Waals surface area contributed by atoms with Gasteiger partial charge in [0.15, 0.2) is 0 Å². The van der Waals surface area contributed by atoms with Gasteiger partial charge in [-0.25, -0.2) is 9.59 Å². The Hall–Kier alpha value is -3.26. The summed E-state index contributed by atoms with van der Waals surface area (Å²) in [5, 5.41) is 11.0. The minimum Gasteiger partial charge on any atom is -0.478 e. The maximum Gasteiger partial charge on any atom is 0.337 e. The number of thiophene rings is 1. The summed E-state index contributed by atoms with van der Waals surface area (Å²) >= 11 is 1.21. The van der Waals surface area contributed by atoms with Crippen LogP contribution in [0.25, 0.3) is 21.1 Å². The summed E-state index contributed by atoms with van der Waals surface area (Å²) in [4.78, 5) is 43.1. The van der Waals surface area contributed by atoms with E-state index >= 15 is 0 Å². The first-order valence-corrected chi connectivity index (χ1v) is 10.4. The van der Waals surface area contributed by atoms with Gasteiger partial charge in [0.2, 0.25) is 0 Å². The standard InChI is InChI=1S/C22H21N3O4S/c1-12(2)11-25-20-18(19(26)24(3)22(25)29)17(21(27)28)16(30-20)10-13-6-4-8-15-14(13)7-5-9-23-15/h4-9,12H,10-11H2,1-3H3,(H,27,28). The number of aromatic nitrogens is 3. The van der Waals surface area contributed by atoms with Crippen LogP contribution in [-0.4, -0.2) is 25.2 Å². The lowest BCUT2D eigenvalue weighted by Crippen LogP contribution is -2.38. The van der Waals surface area contributed by atoms with E-state index < -0.39 is 17.2 Å². The van der Waals surface area contributed by atoms with E-state index in [2.05, 4.69) is 4.98 Å². The molecule has 1 N–H and O–H groups in total. The van der Waals surface area contributed by atoms with Gasteiger partial charge in [-0.3, -0.25) is 18.9 Å². The second-order valence-corrected chi connectivity index (χ2v) is 8.78. The molecule has 0 saturated heterocycles. The third kappa shape index (κ3) is 3.23. The number of hydrogen-bond acceptors (Lipinski definition) is 5. The molecule has 0 bridgehead atoms. The second-order valence-electron chi connectivity index (χ2n) is 7.70. The normalized spacial score (nSPS) is 11.6. The van der Waals surface area contributed by atoms with E-state index in [-0.39, 0.29) is 16.9 Å². The first-order chi connectivity index (χ1) is 14.3. The van der Waals surface area contributed by atoms with Crippen molar-refractivity contribution in [3.63, 3.8) is 0 Å². The smallest absolute Gasteiger partial charge is 0.337 e. The van der Waals surface area contributed by atoms with Crippen LogP contribution >= 0.6 is 11.3 Å². The summed E-state index contributed by atoms with van der Waals surface area (Å²) in [6.45, 7) is 4.35. The van der Waals surface area contributed by atoms with Gasteiger partial charge in [0.1, 0.15) is 4.83 Å². The molecule has 0 fully saturated rings. The highest BCUT2D eigenvalue weighted by molar-refractivity contribution is 7.19. The van der Waals surface area contributed by atoms with Crippen molar-refractivity contribution in [2.75, 3.05) is 0 Å². The molecule has 4 aromatic rings. The van der Waals surface area contributed by atoms with Crippen LogP contribution in [0.15, 0.2) is 46.1 Å². The molecule has 0 aliphatic rings. The maximum atomic E-state index is 12.9. The third-order valence-electron chi connectivity index (χ3n) is 5.09. The first kappa shape index (κ1) is 20.0. The summed E-state index contributed by atoms with van der Waals surface area (Å²) < 4.78 is 2.52. The van der Waals surface area contributed by atoms with Crippen LogP contribution in [0.5, 0.6) is 0 Å². The highest BCUT2D eigenvalue weighted by Crippen LogP contribution is 2.32. The average molecular weight is 423 g/mol. The summed E-state index contributed by atoms with van der Waals surface area (Å²) in [7, 11) is 1.39. The van der Waals surface area contributed by atoms with E-state index in [9.17, 15) is 19.5 Å². The lowest BCUT2D eigenvalue weighted by Gasteiger charge is -2.11. The molecule has 0 spiro atoms. The Balaban J connectivity index is 2.02. The van der Waals surface area contributed by atoms with Crippen molar-refractivity contribution in [2.45, 2.75) is 26.8 Å². The minimum atomic E-state index is -1.17. The summed E-state index contributed by atoms with van der Waals surface area (Å²) in [5.74, 6) is -1.01. The first-order valence-electron chi connectivity index (χ1n) is 9.60. The molecule has 3 heterocycles. The number of hydrogen-bond donors (Lipinski definition) is 1. The number of nitrogens with zero attached hydrogens (tertiary/aromatic N) is 3. The number of benzene rings is 1. The lowest BCUT2D eigenvalue weighted by atomic mass is 10.0. The van der Waals surface area contributed by atoms with Gasteiger partial charge < -0.3 is 5.11 Å². The Labute approximate surface area is 175 Å². The van der Waals surface area contributed by atoms with Crippen LogP contribution in [0, 0.1) is 5.92 Å². The number of carboxylic acid groups (broad SMARTS) is 1. The Morgan fingerprint density at radius 3 is 2.67 bits per heavy atom. The van der Waals surface area contributed by atoms with E-state index in [1.165, 1.54) is 23.0 Å². The van der Waals surface area contributed by atoms with Crippen LogP contribution in [0.4, 0.5) is 0 Å². The van der Waals surface area contributed by atoms with E-state index in [0.29, 0.717) is 22.7 Å². The molecule has 0 aliphatic heterocycles. The molecule has 0 aliphatic carbocycles.